The lowest BCUT2D eigenvalue weighted by Gasteiger charge is -2.21. The van der Waals surface area contributed by atoms with Crippen LogP contribution in [0.25, 0.3) is 0 Å². The molecule has 17 heavy (non-hydrogen) atoms. The van der Waals surface area contributed by atoms with E-state index in [1.165, 1.54) is 0 Å². The van der Waals surface area contributed by atoms with Crippen LogP contribution in [0.3, 0.4) is 0 Å². The molecule has 1 aromatic rings. The average Bonchev–Trinajstić information content (AvgIpc) is 2.29. The Kier molecular flexibility index (Phi) is 5.15. The van der Waals surface area contributed by atoms with E-state index in [-0.39, 0.29) is 6.61 Å². The van der Waals surface area contributed by atoms with Crippen LogP contribution in [0.1, 0.15) is 19.4 Å². The molecule has 0 atom stereocenters. The predicted molar refractivity (Wildman–Crippen MR) is 66.8 cm³/mol. The van der Waals surface area contributed by atoms with Crippen molar-refractivity contribution in [2.45, 2.75) is 20.5 Å². The van der Waals surface area contributed by atoms with Crippen molar-refractivity contribution < 1.29 is 18.9 Å². The van der Waals surface area contributed by atoms with Gasteiger partial charge in [-0.15, -0.1) is 0 Å². The second kappa shape index (κ2) is 6.17. The molecule has 0 fully saturated rings. The van der Waals surface area contributed by atoms with E-state index in [4.69, 9.17) is 9.79 Å². The Labute approximate surface area is 101 Å². The van der Waals surface area contributed by atoms with E-state index in [9.17, 15) is 4.57 Å². The van der Waals surface area contributed by atoms with Crippen LogP contribution in [0.2, 0.25) is 0 Å². The van der Waals surface area contributed by atoms with Crippen molar-refractivity contribution in [3.8, 4) is 0 Å². The molecule has 0 aliphatic heterocycles. The summed E-state index contributed by atoms with van der Waals surface area (Å²) in [6.45, 7) is 5.93. The monoisotopic (exact) mass is 259 g/mol. The number of phosphoric acid groups is 1. The predicted octanol–water partition coefficient (Wildman–Crippen LogP) is 2.14. The van der Waals surface area contributed by atoms with Gasteiger partial charge in [-0.2, -0.15) is 0 Å². The summed E-state index contributed by atoms with van der Waals surface area (Å²) in [6, 6.07) is 7.46. The zero-order valence-electron chi connectivity index (χ0n) is 10.0. The van der Waals surface area contributed by atoms with Crippen LogP contribution in [0.5, 0.6) is 0 Å². The van der Waals surface area contributed by atoms with Crippen LogP contribution in [0, 0.1) is 0 Å². The van der Waals surface area contributed by atoms with E-state index < -0.39 is 7.82 Å². The van der Waals surface area contributed by atoms with E-state index in [2.05, 4.69) is 23.3 Å². The summed E-state index contributed by atoms with van der Waals surface area (Å²) in [5.41, 5.74) is 1.83. The molecule has 6 heteroatoms. The van der Waals surface area contributed by atoms with Crippen molar-refractivity contribution in [3.05, 3.63) is 29.8 Å². The summed E-state index contributed by atoms with van der Waals surface area (Å²) in [5, 5.41) is 0. The average molecular weight is 259 g/mol. The SMILES string of the molecule is CCN(CC)c1ccc(COP(=O)(O)O)cc1. The number of hydrogen-bond acceptors (Lipinski definition) is 3. The lowest BCUT2D eigenvalue weighted by molar-refractivity contribution is 0.189. The number of phosphoric ester groups is 1. The van der Waals surface area contributed by atoms with Gasteiger partial charge in [0.1, 0.15) is 0 Å². The Morgan fingerprint density at radius 1 is 1.18 bits per heavy atom. The molecule has 2 N–H and O–H groups in total. The van der Waals surface area contributed by atoms with Gasteiger partial charge in [0.05, 0.1) is 6.61 Å². The van der Waals surface area contributed by atoms with Crippen molar-refractivity contribution in [1.82, 2.24) is 0 Å². The number of hydrogen-bond donors (Lipinski definition) is 2. The molecule has 1 aromatic carbocycles. The maximum Gasteiger partial charge on any atom is 0.469 e. The Morgan fingerprint density at radius 2 is 1.71 bits per heavy atom. The second-order valence-corrected chi connectivity index (χ2v) is 4.84. The molecular weight excluding hydrogens is 241 g/mol. The third-order valence-electron chi connectivity index (χ3n) is 2.46. The van der Waals surface area contributed by atoms with E-state index in [1.54, 1.807) is 0 Å². The summed E-state index contributed by atoms with van der Waals surface area (Å²) in [5.74, 6) is 0. The Balaban J connectivity index is 2.65. The number of anilines is 1. The van der Waals surface area contributed by atoms with Crippen molar-refractivity contribution in [3.63, 3.8) is 0 Å². The molecule has 0 saturated carbocycles. The largest absolute Gasteiger partial charge is 0.469 e. The first-order valence-electron chi connectivity index (χ1n) is 5.50. The molecule has 0 aromatic heterocycles. The molecule has 1 rings (SSSR count). The molecule has 0 heterocycles. The van der Waals surface area contributed by atoms with Gasteiger partial charge in [0.25, 0.3) is 0 Å². The first-order valence-corrected chi connectivity index (χ1v) is 7.03. The molecule has 0 aliphatic rings. The smallest absolute Gasteiger partial charge is 0.372 e. The lowest BCUT2D eigenvalue weighted by atomic mass is 10.2. The summed E-state index contributed by atoms with van der Waals surface area (Å²) < 4.78 is 15.0. The Morgan fingerprint density at radius 3 is 2.12 bits per heavy atom. The van der Waals surface area contributed by atoms with Gasteiger partial charge in [0.2, 0.25) is 0 Å². The quantitative estimate of drug-likeness (QED) is 0.766. The van der Waals surface area contributed by atoms with Gasteiger partial charge in [0, 0.05) is 18.8 Å². The zero-order chi connectivity index (χ0) is 12.9. The third-order valence-corrected chi connectivity index (χ3v) is 2.93. The molecule has 0 saturated heterocycles. The molecule has 0 radical (unpaired) electrons. The maximum absolute atomic E-state index is 10.5. The first kappa shape index (κ1) is 14.2. The molecule has 0 aliphatic carbocycles. The molecule has 5 nitrogen and oxygen atoms in total. The summed E-state index contributed by atoms with van der Waals surface area (Å²) >= 11 is 0. The minimum Gasteiger partial charge on any atom is -0.372 e. The van der Waals surface area contributed by atoms with E-state index >= 15 is 0 Å². The molecule has 0 bridgehead atoms. The van der Waals surface area contributed by atoms with E-state index in [0.717, 1.165) is 24.3 Å². The Bertz CT molecular complexity index is 383. The highest BCUT2D eigenvalue weighted by Crippen LogP contribution is 2.36. The highest BCUT2D eigenvalue weighted by molar-refractivity contribution is 7.46. The van der Waals surface area contributed by atoms with Gasteiger partial charge in [0.15, 0.2) is 0 Å². The first-order chi connectivity index (χ1) is 7.96. The van der Waals surface area contributed by atoms with Crippen LogP contribution in [-0.4, -0.2) is 22.9 Å². The minimum absolute atomic E-state index is 0.0805. The summed E-state index contributed by atoms with van der Waals surface area (Å²) in [4.78, 5) is 19.3. The van der Waals surface area contributed by atoms with E-state index in [0.29, 0.717) is 0 Å². The zero-order valence-corrected chi connectivity index (χ0v) is 10.9. The highest BCUT2D eigenvalue weighted by atomic mass is 31.2. The number of benzene rings is 1. The summed E-state index contributed by atoms with van der Waals surface area (Å²) in [7, 11) is -4.38. The molecule has 0 spiro atoms. The molecule has 0 unspecified atom stereocenters. The van der Waals surface area contributed by atoms with Crippen molar-refractivity contribution in [2.75, 3.05) is 18.0 Å². The van der Waals surface area contributed by atoms with Gasteiger partial charge in [-0.25, -0.2) is 4.57 Å². The van der Waals surface area contributed by atoms with Gasteiger partial charge in [-0.05, 0) is 31.5 Å². The molecule has 96 valence electrons. The number of nitrogens with zero attached hydrogens (tertiary/aromatic N) is 1. The van der Waals surface area contributed by atoms with Gasteiger partial charge >= 0.3 is 7.82 Å². The fourth-order valence-electron chi connectivity index (χ4n) is 1.55. The molecular formula is C11H18NO4P. The van der Waals surface area contributed by atoms with Crippen LogP contribution in [0.4, 0.5) is 5.69 Å². The fraction of sp³-hybridized carbons (Fsp3) is 0.455. The van der Waals surface area contributed by atoms with Crippen LogP contribution in [-0.2, 0) is 15.7 Å². The van der Waals surface area contributed by atoms with Crippen LogP contribution in [0.15, 0.2) is 24.3 Å². The standard InChI is InChI=1S/C11H18NO4P/c1-3-12(4-2)11-7-5-10(6-8-11)9-16-17(13,14)15/h5-8H,3-4,9H2,1-2H3,(H2,13,14,15). The van der Waals surface area contributed by atoms with Crippen molar-refractivity contribution in [2.24, 2.45) is 0 Å². The van der Waals surface area contributed by atoms with Gasteiger partial charge < -0.3 is 14.7 Å². The topological polar surface area (TPSA) is 70.0 Å². The van der Waals surface area contributed by atoms with Gasteiger partial charge in [-0.3, -0.25) is 4.52 Å². The minimum atomic E-state index is -4.38. The van der Waals surface area contributed by atoms with Crippen molar-refractivity contribution >= 4 is 13.5 Å². The highest BCUT2D eigenvalue weighted by Gasteiger charge is 2.13. The van der Waals surface area contributed by atoms with Crippen LogP contribution >= 0.6 is 7.82 Å². The number of rotatable bonds is 6. The van der Waals surface area contributed by atoms with E-state index in [1.807, 2.05) is 24.3 Å². The summed E-state index contributed by atoms with van der Waals surface area (Å²) in [6.07, 6.45) is 0. The second-order valence-electron chi connectivity index (χ2n) is 3.60. The van der Waals surface area contributed by atoms with Crippen molar-refractivity contribution in [1.29, 1.82) is 0 Å². The maximum atomic E-state index is 10.5. The third kappa shape index (κ3) is 4.88. The Hall–Kier alpha value is -0.870. The lowest BCUT2D eigenvalue weighted by Crippen LogP contribution is -2.21. The fourth-order valence-corrected chi connectivity index (χ4v) is 1.87. The molecule has 0 amide bonds. The van der Waals surface area contributed by atoms with Crippen LogP contribution < -0.4 is 4.90 Å². The normalized spacial score (nSPS) is 11.5. The van der Waals surface area contributed by atoms with Gasteiger partial charge in [-0.1, -0.05) is 12.1 Å².